The van der Waals surface area contributed by atoms with Crippen LogP contribution < -0.4 is 0 Å². The third-order valence-electron chi connectivity index (χ3n) is 2.79. The number of β-amino-alcohol motifs (C(OH)–C–C–N with tert-alkyl or cyclic N) is 1. The van der Waals surface area contributed by atoms with Crippen molar-refractivity contribution in [2.45, 2.75) is 52.3 Å². The molecule has 0 unspecified atom stereocenters. The highest BCUT2D eigenvalue weighted by molar-refractivity contribution is 4.88. The number of rotatable bonds is 2. The third kappa shape index (κ3) is 1.99. The van der Waals surface area contributed by atoms with Crippen LogP contribution >= 0.6 is 0 Å². The van der Waals surface area contributed by atoms with Crippen molar-refractivity contribution in [2.24, 2.45) is 5.92 Å². The minimum absolute atomic E-state index is 0.0974. The van der Waals surface area contributed by atoms with E-state index in [1.807, 2.05) is 0 Å². The standard InChI is InChI=1S/C10H21NO/c1-7(2)10-5-9(12)6-11(10)8(3)4/h7-10,12H,5-6H2,1-4H3/t9-,10-/m0/s1. The lowest BCUT2D eigenvalue weighted by Crippen LogP contribution is -2.38. The fourth-order valence-electron chi connectivity index (χ4n) is 2.12. The molecule has 0 saturated carbocycles. The van der Waals surface area contributed by atoms with Crippen molar-refractivity contribution in [3.05, 3.63) is 0 Å². The molecule has 1 N–H and O–H groups in total. The maximum Gasteiger partial charge on any atom is 0.0682 e. The molecule has 2 heteroatoms. The second-order valence-electron chi connectivity index (χ2n) is 4.49. The van der Waals surface area contributed by atoms with Gasteiger partial charge in [-0.15, -0.1) is 0 Å². The molecule has 0 bridgehead atoms. The molecule has 0 aliphatic carbocycles. The summed E-state index contributed by atoms with van der Waals surface area (Å²) in [5.41, 5.74) is 0. The van der Waals surface area contributed by atoms with Crippen LogP contribution in [-0.2, 0) is 0 Å². The van der Waals surface area contributed by atoms with Crippen molar-refractivity contribution in [3.8, 4) is 0 Å². The average Bonchev–Trinajstić information content (AvgIpc) is 2.31. The number of aliphatic hydroxyl groups excluding tert-OH is 1. The van der Waals surface area contributed by atoms with Gasteiger partial charge < -0.3 is 5.11 Å². The molecular formula is C10H21NO. The van der Waals surface area contributed by atoms with Gasteiger partial charge >= 0.3 is 0 Å². The van der Waals surface area contributed by atoms with E-state index in [0.717, 1.165) is 13.0 Å². The van der Waals surface area contributed by atoms with Gasteiger partial charge in [-0.25, -0.2) is 0 Å². The van der Waals surface area contributed by atoms with Gasteiger partial charge in [0, 0.05) is 18.6 Å². The monoisotopic (exact) mass is 171 g/mol. The molecule has 12 heavy (non-hydrogen) atoms. The van der Waals surface area contributed by atoms with Gasteiger partial charge in [-0.1, -0.05) is 13.8 Å². The van der Waals surface area contributed by atoms with E-state index in [1.54, 1.807) is 0 Å². The van der Waals surface area contributed by atoms with Crippen LogP contribution in [0.2, 0.25) is 0 Å². The summed E-state index contributed by atoms with van der Waals surface area (Å²) in [6.45, 7) is 9.73. The van der Waals surface area contributed by atoms with E-state index in [2.05, 4.69) is 32.6 Å². The molecule has 72 valence electrons. The average molecular weight is 171 g/mol. The molecule has 0 spiro atoms. The summed E-state index contributed by atoms with van der Waals surface area (Å²) in [5, 5.41) is 9.53. The fraction of sp³-hybridized carbons (Fsp3) is 1.00. The molecule has 2 atom stereocenters. The Morgan fingerprint density at radius 2 is 1.83 bits per heavy atom. The molecule has 2 nitrogen and oxygen atoms in total. The molecule has 1 rings (SSSR count). The lowest BCUT2D eigenvalue weighted by Gasteiger charge is -2.30. The van der Waals surface area contributed by atoms with Crippen LogP contribution in [0.3, 0.4) is 0 Å². The Labute approximate surface area is 75.6 Å². The summed E-state index contributed by atoms with van der Waals surface area (Å²) in [6, 6.07) is 1.15. The highest BCUT2D eigenvalue weighted by Gasteiger charge is 2.33. The van der Waals surface area contributed by atoms with Crippen molar-refractivity contribution in [1.29, 1.82) is 0 Å². The van der Waals surface area contributed by atoms with E-state index >= 15 is 0 Å². The van der Waals surface area contributed by atoms with Crippen molar-refractivity contribution >= 4 is 0 Å². The largest absolute Gasteiger partial charge is 0.392 e. The topological polar surface area (TPSA) is 23.5 Å². The van der Waals surface area contributed by atoms with Crippen molar-refractivity contribution in [1.82, 2.24) is 4.90 Å². The summed E-state index contributed by atoms with van der Waals surface area (Å²) in [6.07, 6.45) is 0.857. The van der Waals surface area contributed by atoms with Crippen molar-refractivity contribution in [2.75, 3.05) is 6.54 Å². The predicted octanol–water partition coefficient (Wildman–Crippen LogP) is 1.49. The smallest absolute Gasteiger partial charge is 0.0682 e. The van der Waals surface area contributed by atoms with Crippen LogP contribution in [-0.4, -0.2) is 34.7 Å². The summed E-state index contributed by atoms with van der Waals surface area (Å²) in [5.74, 6) is 0.657. The van der Waals surface area contributed by atoms with Gasteiger partial charge in [-0.05, 0) is 26.2 Å². The first-order valence-corrected chi connectivity index (χ1v) is 4.96. The zero-order valence-electron chi connectivity index (χ0n) is 8.62. The Balaban J connectivity index is 2.59. The van der Waals surface area contributed by atoms with Gasteiger partial charge in [0.05, 0.1) is 6.10 Å². The van der Waals surface area contributed by atoms with E-state index in [4.69, 9.17) is 0 Å². The van der Waals surface area contributed by atoms with Crippen molar-refractivity contribution in [3.63, 3.8) is 0 Å². The number of aliphatic hydroxyl groups is 1. The zero-order valence-corrected chi connectivity index (χ0v) is 8.62. The predicted molar refractivity (Wildman–Crippen MR) is 51.1 cm³/mol. The second-order valence-corrected chi connectivity index (χ2v) is 4.49. The van der Waals surface area contributed by atoms with Crippen LogP contribution in [0.15, 0.2) is 0 Å². The van der Waals surface area contributed by atoms with E-state index in [-0.39, 0.29) is 6.10 Å². The first kappa shape index (κ1) is 10.0. The number of nitrogens with zero attached hydrogens (tertiary/aromatic N) is 1. The SMILES string of the molecule is CC(C)[C@@H]1C[C@H](O)CN1C(C)C. The van der Waals surface area contributed by atoms with Crippen LogP contribution in [0.1, 0.15) is 34.1 Å². The molecule has 1 fully saturated rings. The molecule has 0 aromatic rings. The van der Waals surface area contributed by atoms with Gasteiger partial charge in [0.15, 0.2) is 0 Å². The van der Waals surface area contributed by atoms with E-state index < -0.39 is 0 Å². The van der Waals surface area contributed by atoms with Crippen molar-refractivity contribution < 1.29 is 5.11 Å². The number of hydrogen-bond donors (Lipinski definition) is 1. The maximum atomic E-state index is 9.53. The molecule has 1 aliphatic heterocycles. The quantitative estimate of drug-likeness (QED) is 0.680. The molecular weight excluding hydrogens is 150 g/mol. The molecule has 0 aromatic carbocycles. The summed E-state index contributed by atoms with van der Waals surface area (Å²) in [4.78, 5) is 2.41. The number of likely N-dealkylation sites (tertiary alicyclic amines) is 1. The van der Waals surface area contributed by atoms with E-state index in [1.165, 1.54) is 0 Å². The lowest BCUT2D eigenvalue weighted by atomic mass is 10.0. The van der Waals surface area contributed by atoms with Gasteiger partial charge in [0.2, 0.25) is 0 Å². The second kappa shape index (κ2) is 3.75. The summed E-state index contributed by atoms with van der Waals surface area (Å²) in [7, 11) is 0. The highest BCUT2D eigenvalue weighted by Crippen LogP contribution is 2.25. The lowest BCUT2D eigenvalue weighted by molar-refractivity contribution is 0.148. The molecule has 1 aliphatic rings. The Bertz CT molecular complexity index is 129. The van der Waals surface area contributed by atoms with Crippen LogP contribution in [0.5, 0.6) is 0 Å². The molecule has 0 radical (unpaired) electrons. The van der Waals surface area contributed by atoms with Gasteiger partial charge in [0.1, 0.15) is 0 Å². The van der Waals surface area contributed by atoms with Crippen LogP contribution in [0.4, 0.5) is 0 Å². The number of hydrogen-bond acceptors (Lipinski definition) is 2. The molecule has 1 saturated heterocycles. The van der Waals surface area contributed by atoms with Gasteiger partial charge in [0.25, 0.3) is 0 Å². The highest BCUT2D eigenvalue weighted by atomic mass is 16.3. The first-order chi connectivity index (χ1) is 5.52. The molecule has 0 aromatic heterocycles. The van der Waals surface area contributed by atoms with E-state index in [9.17, 15) is 5.11 Å². The van der Waals surface area contributed by atoms with E-state index in [0.29, 0.717) is 18.0 Å². The maximum absolute atomic E-state index is 9.53. The normalized spacial score (nSPS) is 32.2. The summed E-state index contributed by atoms with van der Waals surface area (Å²) < 4.78 is 0. The Morgan fingerprint density at radius 3 is 2.17 bits per heavy atom. The Hall–Kier alpha value is -0.0800. The first-order valence-electron chi connectivity index (χ1n) is 4.96. The van der Waals surface area contributed by atoms with Gasteiger partial charge in [-0.3, -0.25) is 4.90 Å². The molecule has 0 amide bonds. The van der Waals surface area contributed by atoms with Crippen LogP contribution in [0, 0.1) is 5.92 Å². The minimum Gasteiger partial charge on any atom is -0.392 e. The molecule has 1 heterocycles. The summed E-state index contributed by atoms with van der Waals surface area (Å²) >= 11 is 0. The third-order valence-corrected chi connectivity index (χ3v) is 2.79. The Kier molecular flexibility index (Phi) is 3.13. The minimum atomic E-state index is -0.0974. The Morgan fingerprint density at radius 1 is 1.25 bits per heavy atom. The zero-order chi connectivity index (χ0) is 9.30. The fourth-order valence-corrected chi connectivity index (χ4v) is 2.12. The van der Waals surface area contributed by atoms with Gasteiger partial charge in [-0.2, -0.15) is 0 Å². The van der Waals surface area contributed by atoms with Crippen LogP contribution in [0.25, 0.3) is 0 Å².